The average Bonchev–Trinajstić information content (AvgIpc) is 2.74. The number of phenolic OH excluding ortho intramolecular Hbond substituents is 1. The Morgan fingerprint density at radius 3 is 2.38 bits per heavy atom. The molecule has 1 aromatic heterocycles. The molecule has 1 aromatic carbocycles. The molecular formula is C22H24F5N3O2. The number of phenols is 1. The van der Waals surface area contributed by atoms with Crippen LogP contribution in [0, 0.1) is 17.6 Å². The van der Waals surface area contributed by atoms with Crippen LogP contribution in [0.5, 0.6) is 5.75 Å². The number of anilines is 1. The van der Waals surface area contributed by atoms with Gasteiger partial charge in [-0.3, -0.25) is 4.79 Å². The summed E-state index contributed by atoms with van der Waals surface area (Å²) in [6, 6.07) is 3.88. The summed E-state index contributed by atoms with van der Waals surface area (Å²) in [6.07, 6.45) is -2.96. The molecule has 0 radical (unpaired) electrons. The van der Waals surface area contributed by atoms with Gasteiger partial charge in [-0.1, -0.05) is 13.0 Å². The Morgan fingerprint density at radius 1 is 1.22 bits per heavy atom. The lowest BCUT2D eigenvalue weighted by Crippen LogP contribution is -2.35. The first kappa shape index (κ1) is 23.7. The minimum atomic E-state index is -4.60. The molecule has 1 aliphatic heterocycles. The number of rotatable bonds is 5. The topological polar surface area (TPSA) is 65.5 Å². The van der Waals surface area contributed by atoms with Gasteiger partial charge < -0.3 is 15.3 Å². The summed E-state index contributed by atoms with van der Waals surface area (Å²) < 4.78 is 66.8. The highest BCUT2D eigenvalue weighted by Gasteiger charge is 2.34. The molecule has 1 amide bonds. The number of amides is 1. The van der Waals surface area contributed by atoms with Gasteiger partial charge in [-0.15, -0.1) is 0 Å². The van der Waals surface area contributed by atoms with Crippen LogP contribution in [-0.2, 0) is 17.5 Å². The smallest absolute Gasteiger partial charge is 0.433 e. The van der Waals surface area contributed by atoms with Gasteiger partial charge in [0.2, 0.25) is 5.91 Å². The fourth-order valence-electron chi connectivity index (χ4n) is 3.59. The summed E-state index contributed by atoms with van der Waals surface area (Å²) in [5.41, 5.74) is -0.577. The van der Waals surface area contributed by atoms with Crippen LogP contribution in [0.25, 0.3) is 0 Å². The van der Waals surface area contributed by atoms with Gasteiger partial charge in [0.25, 0.3) is 0 Å². The van der Waals surface area contributed by atoms with E-state index in [0.29, 0.717) is 24.6 Å². The molecule has 3 rings (SSSR count). The van der Waals surface area contributed by atoms with Crippen LogP contribution in [0.2, 0.25) is 0 Å². The Balaban J connectivity index is 1.79. The summed E-state index contributed by atoms with van der Waals surface area (Å²) >= 11 is 0. The monoisotopic (exact) mass is 457 g/mol. The lowest BCUT2D eigenvalue weighted by molar-refractivity contribution is -0.141. The van der Waals surface area contributed by atoms with E-state index in [-0.39, 0.29) is 17.9 Å². The molecule has 1 fully saturated rings. The standard InChI is InChI=1S/C22H24F5N3O2/c1-12-5-7-30(8-6-12)20-14(3-4-18(29-20)22(25,26)27)11-28-21(32)13(2)15-9-16(23)19(31)17(24)10-15/h3-4,9-10,12-13,31H,5-8,11H2,1-2H3,(H,28,32). The van der Waals surface area contributed by atoms with Crippen molar-refractivity contribution in [2.45, 2.75) is 45.3 Å². The number of benzene rings is 1. The second-order valence-electron chi connectivity index (χ2n) is 8.12. The van der Waals surface area contributed by atoms with Crippen molar-refractivity contribution in [3.63, 3.8) is 0 Å². The number of pyridine rings is 1. The van der Waals surface area contributed by atoms with Gasteiger partial charge in [0.05, 0.1) is 5.92 Å². The zero-order chi connectivity index (χ0) is 23.6. The van der Waals surface area contributed by atoms with Crippen LogP contribution in [0.3, 0.4) is 0 Å². The van der Waals surface area contributed by atoms with E-state index in [2.05, 4.69) is 17.2 Å². The van der Waals surface area contributed by atoms with Crippen molar-refractivity contribution in [2.75, 3.05) is 18.0 Å². The van der Waals surface area contributed by atoms with Gasteiger partial charge >= 0.3 is 6.18 Å². The van der Waals surface area contributed by atoms with Gasteiger partial charge in [0, 0.05) is 25.2 Å². The van der Waals surface area contributed by atoms with Gasteiger partial charge in [-0.05, 0) is 49.4 Å². The lowest BCUT2D eigenvalue weighted by atomic mass is 9.98. The van der Waals surface area contributed by atoms with Gasteiger partial charge in [-0.2, -0.15) is 13.2 Å². The van der Waals surface area contributed by atoms with E-state index in [4.69, 9.17) is 0 Å². The Hall–Kier alpha value is -2.91. The molecule has 5 nitrogen and oxygen atoms in total. The minimum absolute atomic E-state index is 0.0195. The molecule has 1 saturated heterocycles. The maximum absolute atomic E-state index is 13.6. The van der Waals surface area contributed by atoms with Gasteiger partial charge in [-0.25, -0.2) is 13.8 Å². The predicted octanol–water partition coefficient (Wildman–Crippen LogP) is 4.74. The largest absolute Gasteiger partial charge is 0.503 e. The molecule has 10 heteroatoms. The van der Waals surface area contributed by atoms with E-state index in [0.717, 1.165) is 31.0 Å². The number of hydrogen-bond acceptors (Lipinski definition) is 4. The summed E-state index contributed by atoms with van der Waals surface area (Å²) in [5.74, 6) is -4.40. The van der Waals surface area contributed by atoms with Crippen LogP contribution in [0.1, 0.15) is 49.4 Å². The SMILES string of the molecule is CC1CCN(c2nc(C(F)(F)F)ccc2CNC(=O)C(C)c2cc(F)c(O)c(F)c2)CC1. The molecule has 2 aromatic rings. The van der Waals surface area contributed by atoms with Crippen LogP contribution >= 0.6 is 0 Å². The quantitative estimate of drug-likeness (QED) is 0.637. The second kappa shape index (κ2) is 9.30. The number of carbonyl (C=O) groups is 1. The first-order chi connectivity index (χ1) is 15.0. The molecule has 1 atom stereocenters. The van der Waals surface area contributed by atoms with Crippen molar-refractivity contribution < 1.29 is 31.9 Å². The number of hydrogen-bond donors (Lipinski definition) is 2. The highest BCUT2D eigenvalue weighted by Crippen LogP contribution is 2.32. The highest BCUT2D eigenvalue weighted by atomic mass is 19.4. The summed E-state index contributed by atoms with van der Waals surface area (Å²) in [7, 11) is 0. The number of carbonyl (C=O) groups excluding carboxylic acids is 1. The summed E-state index contributed by atoms with van der Waals surface area (Å²) in [5, 5.41) is 11.8. The zero-order valence-corrected chi connectivity index (χ0v) is 17.6. The highest BCUT2D eigenvalue weighted by molar-refractivity contribution is 5.83. The lowest BCUT2D eigenvalue weighted by Gasteiger charge is -2.33. The fourth-order valence-corrected chi connectivity index (χ4v) is 3.59. The van der Waals surface area contributed by atoms with Crippen molar-refractivity contribution in [2.24, 2.45) is 5.92 Å². The first-order valence-corrected chi connectivity index (χ1v) is 10.2. The van der Waals surface area contributed by atoms with E-state index < -0.39 is 41.1 Å². The predicted molar refractivity (Wildman–Crippen MR) is 108 cm³/mol. The molecule has 0 aliphatic carbocycles. The molecule has 1 unspecified atom stereocenters. The van der Waals surface area contributed by atoms with Gasteiger partial charge in [0.15, 0.2) is 17.4 Å². The van der Waals surface area contributed by atoms with Gasteiger partial charge in [0.1, 0.15) is 11.5 Å². The number of halogens is 5. The fraction of sp³-hybridized carbons (Fsp3) is 0.455. The Morgan fingerprint density at radius 2 is 1.81 bits per heavy atom. The van der Waals surface area contributed by atoms with E-state index in [9.17, 15) is 31.9 Å². The molecule has 0 bridgehead atoms. The molecule has 2 heterocycles. The van der Waals surface area contributed by atoms with Crippen LogP contribution in [-0.4, -0.2) is 29.1 Å². The van der Waals surface area contributed by atoms with Crippen molar-refractivity contribution in [3.8, 4) is 5.75 Å². The first-order valence-electron chi connectivity index (χ1n) is 10.2. The maximum atomic E-state index is 13.6. The van der Waals surface area contributed by atoms with Crippen LogP contribution in [0.4, 0.5) is 27.8 Å². The molecule has 0 saturated carbocycles. The third-order valence-corrected chi connectivity index (χ3v) is 5.72. The van der Waals surface area contributed by atoms with Crippen molar-refractivity contribution >= 4 is 11.7 Å². The summed E-state index contributed by atoms with van der Waals surface area (Å²) in [6.45, 7) is 4.52. The number of nitrogens with zero attached hydrogens (tertiary/aromatic N) is 2. The zero-order valence-electron chi connectivity index (χ0n) is 17.6. The van der Waals surface area contributed by atoms with E-state index in [1.807, 2.05) is 0 Å². The molecular weight excluding hydrogens is 433 g/mol. The van der Waals surface area contributed by atoms with Crippen molar-refractivity contribution in [3.05, 3.63) is 52.7 Å². The molecule has 0 spiro atoms. The molecule has 174 valence electrons. The Labute approximate surface area is 182 Å². The van der Waals surface area contributed by atoms with E-state index in [1.54, 1.807) is 4.90 Å². The average molecular weight is 457 g/mol. The van der Waals surface area contributed by atoms with Crippen molar-refractivity contribution in [1.82, 2.24) is 10.3 Å². The summed E-state index contributed by atoms with van der Waals surface area (Å²) in [4.78, 5) is 18.2. The maximum Gasteiger partial charge on any atom is 0.433 e. The normalized spacial score (nSPS) is 16.2. The second-order valence-corrected chi connectivity index (χ2v) is 8.12. The van der Waals surface area contributed by atoms with E-state index >= 15 is 0 Å². The number of alkyl halides is 3. The van der Waals surface area contributed by atoms with Crippen LogP contribution < -0.4 is 10.2 Å². The number of piperidine rings is 1. The molecule has 1 aliphatic rings. The third-order valence-electron chi connectivity index (χ3n) is 5.72. The third kappa shape index (κ3) is 5.28. The number of aromatic nitrogens is 1. The minimum Gasteiger partial charge on any atom is -0.503 e. The molecule has 2 N–H and O–H groups in total. The Bertz CT molecular complexity index is 965. The Kier molecular flexibility index (Phi) is 6.90. The van der Waals surface area contributed by atoms with Crippen molar-refractivity contribution in [1.29, 1.82) is 0 Å². The van der Waals surface area contributed by atoms with E-state index in [1.165, 1.54) is 13.0 Å². The molecule has 32 heavy (non-hydrogen) atoms. The van der Waals surface area contributed by atoms with Crippen LogP contribution in [0.15, 0.2) is 24.3 Å². The number of aromatic hydroxyl groups is 1. The number of nitrogens with one attached hydrogen (secondary N) is 1.